The minimum absolute atomic E-state index is 0.188. The predicted molar refractivity (Wildman–Crippen MR) is 129 cm³/mol. The Morgan fingerprint density at radius 2 is 1.82 bits per heavy atom. The normalized spacial score (nSPS) is 19.6. The second kappa shape index (κ2) is 9.89. The topological polar surface area (TPSA) is 88.1 Å². The number of hydrogen-bond donors (Lipinski definition) is 1. The van der Waals surface area contributed by atoms with Gasteiger partial charge in [0.2, 0.25) is 0 Å². The van der Waals surface area contributed by atoms with Crippen molar-refractivity contribution in [3.05, 3.63) is 46.5 Å². The van der Waals surface area contributed by atoms with Gasteiger partial charge in [-0.3, -0.25) is 9.59 Å². The molecule has 0 aromatic heterocycles. The molecule has 0 radical (unpaired) electrons. The number of rotatable bonds is 4. The van der Waals surface area contributed by atoms with Gasteiger partial charge in [0.1, 0.15) is 5.60 Å². The maximum absolute atomic E-state index is 12.9. The molecule has 7 heteroatoms. The molecule has 2 aliphatic heterocycles. The van der Waals surface area contributed by atoms with Crippen LogP contribution in [0.2, 0.25) is 0 Å². The van der Waals surface area contributed by atoms with Crippen molar-refractivity contribution in [3.8, 4) is 0 Å². The Labute approximate surface area is 196 Å². The van der Waals surface area contributed by atoms with Crippen molar-refractivity contribution < 1.29 is 19.1 Å². The highest BCUT2D eigenvalue weighted by atomic mass is 16.6. The molecule has 0 saturated carbocycles. The Morgan fingerprint density at radius 1 is 1.15 bits per heavy atom. The number of carbonyl (C=O) groups is 3. The number of hydrogen-bond acceptors (Lipinski definition) is 4. The van der Waals surface area contributed by atoms with Crippen molar-refractivity contribution in [2.45, 2.75) is 65.9 Å². The average molecular weight is 454 g/mol. The summed E-state index contributed by atoms with van der Waals surface area (Å²) < 4.78 is 5.49. The number of piperidine rings is 1. The SMILES string of the molecule is CC1=CC(C)=NC(=O)C1CNC(=O)c1cccc(C2CCN(C(=O)OC(C)(C)C)CC2)c1C. The molecule has 0 spiro atoms. The molecular formula is C26H35N3O4. The van der Waals surface area contributed by atoms with Gasteiger partial charge in [-0.15, -0.1) is 0 Å². The van der Waals surface area contributed by atoms with E-state index in [0.29, 0.717) is 24.4 Å². The lowest BCUT2D eigenvalue weighted by atomic mass is 9.85. The van der Waals surface area contributed by atoms with Crippen LogP contribution in [0.1, 0.15) is 74.9 Å². The highest BCUT2D eigenvalue weighted by molar-refractivity contribution is 6.06. The molecule has 33 heavy (non-hydrogen) atoms. The van der Waals surface area contributed by atoms with Crippen LogP contribution in [0.3, 0.4) is 0 Å². The van der Waals surface area contributed by atoms with Gasteiger partial charge in [0, 0.05) is 30.9 Å². The lowest BCUT2D eigenvalue weighted by Crippen LogP contribution is -2.41. The van der Waals surface area contributed by atoms with Crippen LogP contribution >= 0.6 is 0 Å². The predicted octanol–water partition coefficient (Wildman–Crippen LogP) is 4.40. The summed E-state index contributed by atoms with van der Waals surface area (Å²) in [6, 6.07) is 5.79. The fraction of sp³-hybridized carbons (Fsp3) is 0.538. The van der Waals surface area contributed by atoms with Crippen LogP contribution < -0.4 is 5.32 Å². The first kappa shape index (κ1) is 24.7. The van der Waals surface area contributed by atoms with Crippen LogP contribution in [0, 0.1) is 12.8 Å². The van der Waals surface area contributed by atoms with E-state index in [-0.39, 0.29) is 30.4 Å². The molecule has 2 aliphatic rings. The number of amides is 3. The van der Waals surface area contributed by atoms with Crippen molar-refractivity contribution in [2.24, 2.45) is 10.9 Å². The molecule has 1 aromatic rings. The first-order chi connectivity index (χ1) is 15.5. The quantitative estimate of drug-likeness (QED) is 0.732. The number of nitrogens with one attached hydrogen (secondary N) is 1. The molecule has 3 amide bonds. The van der Waals surface area contributed by atoms with Crippen molar-refractivity contribution >= 4 is 23.6 Å². The van der Waals surface area contributed by atoms with Crippen LogP contribution in [0.25, 0.3) is 0 Å². The number of carbonyl (C=O) groups excluding carboxylic acids is 3. The molecule has 7 nitrogen and oxygen atoms in total. The fourth-order valence-corrected chi connectivity index (χ4v) is 4.49. The van der Waals surface area contributed by atoms with E-state index in [4.69, 9.17) is 4.74 Å². The van der Waals surface area contributed by atoms with Gasteiger partial charge < -0.3 is 15.0 Å². The van der Waals surface area contributed by atoms with E-state index < -0.39 is 11.5 Å². The molecule has 3 rings (SSSR count). The summed E-state index contributed by atoms with van der Waals surface area (Å²) in [7, 11) is 0. The second-order valence-corrected chi connectivity index (χ2v) is 10.0. The van der Waals surface area contributed by atoms with E-state index in [0.717, 1.165) is 29.5 Å². The van der Waals surface area contributed by atoms with Crippen LogP contribution in [0.4, 0.5) is 4.79 Å². The number of aliphatic imine (C=N–C) groups is 1. The summed E-state index contributed by atoms with van der Waals surface area (Å²) in [5, 5.41) is 2.92. The van der Waals surface area contributed by atoms with Crippen molar-refractivity contribution in [1.82, 2.24) is 10.2 Å². The van der Waals surface area contributed by atoms with E-state index in [2.05, 4.69) is 16.4 Å². The van der Waals surface area contributed by atoms with Gasteiger partial charge in [-0.25, -0.2) is 9.79 Å². The average Bonchev–Trinajstić information content (AvgIpc) is 2.72. The monoisotopic (exact) mass is 453 g/mol. The van der Waals surface area contributed by atoms with Crippen LogP contribution in [0.15, 0.2) is 34.8 Å². The van der Waals surface area contributed by atoms with Crippen LogP contribution in [-0.2, 0) is 9.53 Å². The molecule has 1 atom stereocenters. The van der Waals surface area contributed by atoms with E-state index in [9.17, 15) is 14.4 Å². The zero-order valence-electron chi connectivity index (χ0n) is 20.5. The van der Waals surface area contributed by atoms with Gasteiger partial charge in [0.05, 0.1) is 5.92 Å². The Morgan fingerprint density at radius 3 is 2.42 bits per heavy atom. The highest BCUT2D eigenvalue weighted by Gasteiger charge is 2.29. The highest BCUT2D eigenvalue weighted by Crippen LogP contribution is 2.32. The Hall–Kier alpha value is -2.96. The third kappa shape index (κ3) is 6.09. The molecule has 0 aliphatic carbocycles. The van der Waals surface area contributed by atoms with Crippen molar-refractivity contribution in [1.29, 1.82) is 0 Å². The summed E-state index contributed by atoms with van der Waals surface area (Å²) in [4.78, 5) is 43.3. The van der Waals surface area contributed by atoms with Gasteiger partial charge >= 0.3 is 6.09 Å². The first-order valence-corrected chi connectivity index (χ1v) is 11.6. The smallest absolute Gasteiger partial charge is 0.410 e. The summed E-state index contributed by atoms with van der Waals surface area (Å²) >= 11 is 0. The fourth-order valence-electron chi connectivity index (χ4n) is 4.49. The molecule has 1 saturated heterocycles. The Bertz CT molecular complexity index is 995. The second-order valence-electron chi connectivity index (χ2n) is 10.0. The minimum Gasteiger partial charge on any atom is -0.444 e. The minimum atomic E-state index is -0.506. The molecule has 178 valence electrons. The van der Waals surface area contributed by atoms with Crippen molar-refractivity contribution in [3.63, 3.8) is 0 Å². The molecule has 1 fully saturated rings. The Balaban J connectivity index is 1.63. The largest absolute Gasteiger partial charge is 0.444 e. The lowest BCUT2D eigenvalue weighted by Gasteiger charge is -2.34. The lowest BCUT2D eigenvalue weighted by molar-refractivity contribution is -0.120. The number of ether oxygens (including phenoxy) is 1. The number of dihydropyridines is 1. The molecule has 1 N–H and O–H groups in total. The Kier molecular flexibility index (Phi) is 7.40. The van der Waals surface area contributed by atoms with E-state index in [1.54, 1.807) is 11.8 Å². The van der Waals surface area contributed by atoms with E-state index in [1.165, 1.54) is 0 Å². The molecule has 1 unspecified atom stereocenters. The molecule has 1 aromatic carbocycles. The number of nitrogens with zero attached hydrogens (tertiary/aromatic N) is 2. The van der Waals surface area contributed by atoms with Gasteiger partial charge in [-0.1, -0.05) is 17.7 Å². The first-order valence-electron chi connectivity index (χ1n) is 11.6. The zero-order chi connectivity index (χ0) is 24.3. The standard InChI is InChI=1S/C26H35N3O4/c1-16-14-17(2)28-24(31)22(16)15-27-23(30)21-9-7-8-20(18(21)3)19-10-12-29(13-11-19)25(32)33-26(4,5)6/h7-9,14,19,22H,10-13,15H2,1-6H3,(H,27,30). The van der Waals surface area contributed by atoms with Crippen LogP contribution in [0.5, 0.6) is 0 Å². The molecular weight excluding hydrogens is 418 g/mol. The molecule has 0 bridgehead atoms. The maximum atomic E-state index is 12.9. The third-order valence-electron chi connectivity index (χ3n) is 6.24. The van der Waals surface area contributed by atoms with Gasteiger partial charge in [0.15, 0.2) is 0 Å². The summed E-state index contributed by atoms with van der Waals surface area (Å²) in [6.45, 7) is 12.7. The van der Waals surface area contributed by atoms with E-state index >= 15 is 0 Å². The summed E-state index contributed by atoms with van der Waals surface area (Å²) in [5.74, 6) is -0.542. The van der Waals surface area contributed by atoms with Gasteiger partial charge in [0.25, 0.3) is 11.8 Å². The van der Waals surface area contributed by atoms with Gasteiger partial charge in [-0.2, -0.15) is 0 Å². The zero-order valence-corrected chi connectivity index (χ0v) is 20.5. The van der Waals surface area contributed by atoms with Crippen molar-refractivity contribution in [2.75, 3.05) is 19.6 Å². The van der Waals surface area contributed by atoms with Gasteiger partial charge in [-0.05, 0) is 83.6 Å². The molecule has 2 heterocycles. The number of allylic oxidation sites excluding steroid dienone is 1. The number of likely N-dealkylation sites (tertiary alicyclic amines) is 1. The summed E-state index contributed by atoms with van der Waals surface area (Å²) in [6.07, 6.45) is 3.26. The third-order valence-corrected chi connectivity index (χ3v) is 6.24. The maximum Gasteiger partial charge on any atom is 0.410 e. The summed E-state index contributed by atoms with van der Waals surface area (Å²) in [5.41, 5.74) is 3.80. The van der Waals surface area contributed by atoms with Crippen LogP contribution in [-0.4, -0.2) is 53.8 Å². The number of benzene rings is 1. The van der Waals surface area contributed by atoms with E-state index in [1.807, 2.05) is 52.8 Å².